The number of benzene rings is 2. The van der Waals surface area contributed by atoms with Crippen LogP contribution in [0.25, 0.3) is 11.2 Å². The van der Waals surface area contributed by atoms with E-state index in [0.717, 1.165) is 0 Å². The lowest BCUT2D eigenvalue weighted by Crippen LogP contribution is -2.56. The van der Waals surface area contributed by atoms with Crippen molar-refractivity contribution in [1.82, 2.24) is 19.9 Å². The molecule has 3 heterocycles. The SMILES string of the molecule is CC(Nc1nc(N)nc2nc[nH]c12)C1Nc2cccc(F)c2C(=O)N1c1ccccc1. The van der Waals surface area contributed by atoms with Crippen LogP contribution < -0.4 is 21.3 Å². The van der Waals surface area contributed by atoms with Crippen molar-refractivity contribution in [3.8, 4) is 0 Å². The normalized spacial score (nSPS) is 16.6. The lowest BCUT2D eigenvalue weighted by Gasteiger charge is -2.41. The number of nitrogens with zero attached hydrogens (tertiary/aromatic N) is 4. The van der Waals surface area contributed by atoms with Crippen LogP contribution >= 0.6 is 0 Å². The molecule has 0 bridgehead atoms. The van der Waals surface area contributed by atoms with E-state index in [4.69, 9.17) is 5.73 Å². The average molecular weight is 418 g/mol. The van der Waals surface area contributed by atoms with Crippen LogP contribution in [0.15, 0.2) is 54.9 Å². The van der Waals surface area contributed by atoms with Gasteiger partial charge in [-0.2, -0.15) is 9.97 Å². The Labute approximate surface area is 176 Å². The zero-order chi connectivity index (χ0) is 21.5. The minimum Gasteiger partial charge on any atom is -0.368 e. The van der Waals surface area contributed by atoms with Crippen LogP contribution in [0.1, 0.15) is 17.3 Å². The minimum absolute atomic E-state index is 0.0111. The summed E-state index contributed by atoms with van der Waals surface area (Å²) < 4.78 is 14.5. The number of hydrogen-bond acceptors (Lipinski definition) is 7. The first-order chi connectivity index (χ1) is 15.0. The number of amides is 1. The summed E-state index contributed by atoms with van der Waals surface area (Å²) in [5, 5.41) is 6.59. The molecule has 5 rings (SSSR count). The van der Waals surface area contributed by atoms with E-state index in [0.29, 0.717) is 28.4 Å². The van der Waals surface area contributed by atoms with Gasteiger partial charge < -0.3 is 21.4 Å². The van der Waals surface area contributed by atoms with Gasteiger partial charge in [0.05, 0.1) is 23.6 Å². The van der Waals surface area contributed by atoms with Crippen LogP contribution in [0, 0.1) is 5.82 Å². The van der Waals surface area contributed by atoms with Crippen LogP contribution in [0.5, 0.6) is 0 Å². The van der Waals surface area contributed by atoms with Gasteiger partial charge in [-0.1, -0.05) is 24.3 Å². The third kappa shape index (κ3) is 3.18. The molecule has 1 aliphatic rings. The Kier molecular flexibility index (Phi) is 4.39. The van der Waals surface area contributed by atoms with Crippen molar-refractivity contribution in [1.29, 1.82) is 0 Å². The number of nitrogen functional groups attached to an aromatic ring is 1. The molecule has 5 N–H and O–H groups in total. The summed E-state index contributed by atoms with van der Waals surface area (Å²) in [5.41, 5.74) is 7.94. The number of imidazole rings is 1. The number of nitrogens with two attached hydrogens (primary N) is 1. The highest BCUT2D eigenvalue weighted by Crippen LogP contribution is 2.33. The molecule has 2 aromatic carbocycles. The Morgan fingerprint density at radius 1 is 1.16 bits per heavy atom. The molecule has 9 nitrogen and oxygen atoms in total. The van der Waals surface area contributed by atoms with Crippen LogP contribution in [-0.2, 0) is 0 Å². The topological polar surface area (TPSA) is 125 Å². The molecule has 1 amide bonds. The van der Waals surface area contributed by atoms with Gasteiger partial charge in [-0.15, -0.1) is 0 Å². The maximum atomic E-state index is 14.5. The van der Waals surface area contributed by atoms with Crippen molar-refractivity contribution in [3.63, 3.8) is 0 Å². The molecule has 0 fully saturated rings. The summed E-state index contributed by atoms with van der Waals surface area (Å²) in [6, 6.07) is 13.3. The molecule has 0 saturated carbocycles. The molecular weight excluding hydrogens is 399 g/mol. The van der Waals surface area contributed by atoms with Crippen LogP contribution in [-0.4, -0.2) is 38.1 Å². The molecule has 2 atom stereocenters. The predicted molar refractivity (Wildman–Crippen MR) is 116 cm³/mol. The summed E-state index contributed by atoms with van der Waals surface area (Å²) in [6.45, 7) is 1.89. The van der Waals surface area contributed by atoms with E-state index >= 15 is 0 Å². The van der Waals surface area contributed by atoms with E-state index in [9.17, 15) is 9.18 Å². The Hall–Kier alpha value is -4.21. The molecule has 31 heavy (non-hydrogen) atoms. The number of aromatic nitrogens is 4. The van der Waals surface area contributed by atoms with Crippen molar-refractivity contribution in [2.45, 2.75) is 19.1 Å². The molecule has 0 saturated heterocycles. The van der Waals surface area contributed by atoms with Crippen LogP contribution in [0.3, 0.4) is 0 Å². The van der Waals surface area contributed by atoms with Crippen LogP contribution in [0.4, 0.5) is 27.5 Å². The number of rotatable bonds is 4. The van der Waals surface area contributed by atoms with Crippen molar-refractivity contribution >= 4 is 40.2 Å². The molecule has 0 radical (unpaired) electrons. The number of anilines is 4. The highest BCUT2D eigenvalue weighted by atomic mass is 19.1. The second-order valence-electron chi connectivity index (χ2n) is 7.23. The quantitative estimate of drug-likeness (QED) is 0.401. The fourth-order valence-corrected chi connectivity index (χ4v) is 3.80. The molecule has 156 valence electrons. The Morgan fingerprint density at radius 2 is 1.97 bits per heavy atom. The highest BCUT2D eigenvalue weighted by Gasteiger charge is 2.38. The van der Waals surface area contributed by atoms with Gasteiger partial charge >= 0.3 is 0 Å². The maximum absolute atomic E-state index is 14.5. The molecule has 0 aliphatic carbocycles. The van der Waals surface area contributed by atoms with E-state index in [2.05, 4.69) is 30.6 Å². The first-order valence-electron chi connectivity index (χ1n) is 9.69. The third-order valence-electron chi connectivity index (χ3n) is 5.20. The zero-order valence-corrected chi connectivity index (χ0v) is 16.5. The van der Waals surface area contributed by atoms with Crippen molar-refractivity contribution in [3.05, 3.63) is 66.2 Å². The second kappa shape index (κ2) is 7.24. The minimum atomic E-state index is -0.572. The Balaban J connectivity index is 1.56. The molecule has 4 aromatic rings. The standard InChI is InChI=1S/C21H19FN8O/c1-11(26-18-16-17(25-10-24-16)28-21(23)29-18)19-27-14-9-5-8-13(22)15(14)20(31)30(19)12-6-3-2-4-7-12/h2-11,19,27H,1H3,(H4,23,24,25,26,28,29). The van der Waals surface area contributed by atoms with Gasteiger partial charge in [0.25, 0.3) is 5.91 Å². The van der Waals surface area contributed by atoms with Gasteiger partial charge in [-0.3, -0.25) is 9.69 Å². The van der Waals surface area contributed by atoms with Gasteiger partial charge in [0.15, 0.2) is 11.5 Å². The fraction of sp³-hybridized carbons (Fsp3) is 0.143. The Bertz CT molecular complexity index is 1280. The summed E-state index contributed by atoms with van der Waals surface area (Å²) in [6.07, 6.45) is 0.963. The van der Waals surface area contributed by atoms with Crippen molar-refractivity contribution in [2.75, 3.05) is 21.3 Å². The first-order valence-corrected chi connectivity index (χ1v) is 9.69. The van der Waals surface area contributed by atoms with Gasteiger partial charge in [-0.25, -0.2) is 9.37 Å². The van der Waals surface area contributed by atoms with E-state index in [1.165, 1.54) is 17.3 Å². The predicted octanol–water partition coefficient (Wildman–Crippen LogP) is 2.97. The van der Waals surface area contributed by atoms with Crippen molar-refractivity contribution < 1.29 is 9.18 Å². The third-order valence-corrected chi connectivity index (χ3v) is 5.20. The lowest BCUT2D eigenvalue weighted by molar-refractivity contribution is 0.0969. The Morgan fingerprint density at radius 3 is 2.77 bits per heavy atom. The number of hydrogen-bond donors (Lipinski definition) is 4. The number of fused-ring (bicyclic) bond motifs is 2. The number of carbonyl (C=O) groups excluding carboxylic acids is 1. The van der Waals surface area contributed by atoms with Gasteiger partial charge in [0.1, 0.15) is 17.5 Å². The molecule has 2 aromatic heterocycles. The number of H-pyrrole nitrogens is 1. The highest BCUT2D eigenvalue weighted by molar-refractivity contribution is 6.12. The molecule has 2 unspecified atom stereocenters. The molecule has 1 aliphatic heterocycles. The smallest absolute Gasteiger partial charge is 0.265 e. The molecule has 10 heteroatoms. The van der Waals surface area contributed by atoms with E-state index < -0.39 is 17.9 Å². The van der Waals surface area contributed by atoms with Crippen molar-refractivity contribution in [2.24, 2.45) is 0 Å². The van der Waals surface area contributed by atoms with Gasteiger partial charge in [0.2, 0.25) is 5.95 Å². The second-order valence-corrected chi connectivity index (χ2v) is 7.23. The fourth-order valence-electron chi connectivity index (χ4n) is 3.80. The van der Waals surface area contributed by atoms with E-state index in [-0.39, 0.29) is 17.6 Å². The number of carbonyl (C=O) groups is 1. The average Bonchev–Trinajstić information content (AvgIpc) is 3.22. The van der Waals surface area contributed by atoms with E-state index in [1.807, 2.05) is 25.1 Å². The van der Waals surface area contributed by atoms with E-state index in [1.54, 1.807) is 24.3 Å². The largest absolute Gasteiger partial charge is 0.368 e. The monoisotopic (exact) mass is 418 g/mol. The molecule has 0 spiro atoms. The number of aromatic amines is 1. The summed E-state index contributed by atoms with van der Waals surface area (Å²) in [5.74, 6) is -0.461. The zero-order valence-electron chi connectivity index (χ0n) is 16.5. The summed E-state index contributed by atoms with van der Waals surface area (Å²) >= 11 is 0. The van der Waals surface area contributed by atoms with Crippen LogP contribution in [0.2, 0.25) is 0 Å². The number of halogens is 1. The maximum Gasteiger partial charge on any atom is 0.265 e. The number of para-hydroxylation sites is 1. The van der Waals surface area contributed by atoms with Gasteiger partial charge in [-0.05, 0) is 31.2 Å². The first kappa shape index (κ1) is 18.8. The summed E-state index contributed by atoms with van der Waals surface area (Å²) in [7, 11) is 0. The molecular formula is C21H19FN8O. The summed E-state index contributed by atoms with van der Waals surface area (Å²) in [4.78, 5) is 30.4. The lowest BCUT2D eigenvalue weighted by atomic mass is 10.0. The van der Waals surface area contributed by atoms with Gasteiger partial charge in [0, 0.05) is 5.69 Å². The number of nitrogens with one attached hydrogen (secondary N) is 3.